The molecule has 0 spiro atoms. The molecule has 0 bridgehead atoms. The standard InChI is InChI=1S/C24H56N6O/c1-4-19(12-26)7-21(14-28)9-23(16-30-17-24(31)5-2)10-22(15-29)8-20(13-27)6-18(3)11-25/h18-24,30-31H,4-17,25-29H2,1-3H3. The Labute approximate surface area is 192 Å². The fourth-order valence-corrected chi connectivity index (χ4v) is 4.71. The minimum atomic E-state index is -0.294. The van der Waals surface area contributed by atoms with Crippen molar-refractivity contribution >= 4 is 0 Å². The van der Waals surface area contributed by atoms with Gasteiger partial charge in [0, 0.05) is 6.54 Å². The molecular weight excluding hydrogens is 388 g/mol. The second kappa shape index (κ2) is 19.2. The van der Waals surface area contributed by atoms with E-state index in [0.29, 0.717) is 68.2 Å². The molecule has 7 heteroatoms. The summed E-state index contributed by atoms with van der Waals surface area (Å²) in [4.78, 5) is 0. The Morgan fingerprint density at radius 1 is 0.581 bits per heavy atom. The highest BCUT2D eigenvalue weighted by Gasteiger charge is 2.24. The molecule has 0 rings (SSSR count). The Kier molecular flexibility index (Phi) is 19.0. The van der Waals surface area contributed by atoms with Gasteiger partial charge >= 0.3 is 0 Å². The first-order valence-electron chi connectivity index (χ1n) is 12.8. The van der Waals surface area contributed by atoms with Crippen LogP contribution in [0.25, 0.3) is 0 Å². The molecular formula is C24H56N6O. The molecule has 0 aromatic carbocycles. The Hall–Kier alpha value is -0.280. The highest BCUT2D eigenvalue weighted by atomic mass is 16.3. The molecule has 0 aliphatic rings. The van der Waals surface area contributed by atoms with Crippen molar-refractivity contribution in [3.63, 3.8) is 0 Å². The molecule has 0 saturated carbocycles. The number of hydrogen-bond donors (Lipinski definition) is 7. The largest absolute Gasteiger partial charge is 0.392 e. The van der Waals surface area contributed by atoms with Gasteiger partial charge in [-0.25, -0.2) is 0 Å². The van der Waals surface area contributed by atoms with E-state index >= 15 is 0 Å². The van der Waals surface area contributed by atoms with E-state index in [1.807, 2.05) is 6.92 Å². The van der Waals surface area contributed by atoms with Crippen LogP contribution < -0.4 is 34.0 Å². The molecule has 0 aliphatic carbocycles. The molecule has 0 saturated heterocycles. The molecule has 0 aliphatic heterocycles. The topological polar surface area (TPSA) is 162 Å². The Morgan fingerprint density at radius 3 is 1.45 bits per heavy atom. The van der Waals surface area contributed by atoms with E-state index in [0.717, 1.165) is 58.0 Å². The summed E-state index contributed by atoms with van der Waals surface area (Å²) in [5.41, 5.74) is 30.2. The quantitative estimate of drug-likeness (QED) is 0.140. The molecule has 31 heavy (non-hydrogen) atoms. The van der Waals surface area contributed by atoms with Crippen molar-refractivity contribution in [2.24, 2.45) is 64.2 Å². The summed E-state index contributed by atoms with van der Waals surface area (Å²) in [7, 11) is 0. The van der Waals surface area contributed by atoms with Crippen LogP contribution in [0.3, 0.4) is 0 Å². The van der Waals surface area contributed by atoms with Crippen LogP contribution in [0.5, 0.6) is 0 Å². The van der Waals surface area contributed by atoms with Gasteiger partial charge in [-0.15, -0.1) is 0 Å². The van der Waals surface area contributed by atoms with Crippen molar-refractivity contribution in [1.29, 1.82) is 0 Å². The molecule has 7 nitrogen and oxygen atoms in total. The van der Waals surface area contributed by atoms with Gasteiger partial charge in [-0.05, 0) is 113 Å². The number of hydrogen-bond acceptors (Lipinski definition) is 7. The lowest BCUT2D eigenvalue weighted by Gasteiger charge is -2.30. The first-order chi connectivity index (χ1) is 14.9. The fraction of sp³-hybridized carbons (Fsp3) is 1.00. The van der Waals surface area contributed by atoms with Gasteiger partial charge in [0.1, 0.15) is 0 Å². The van der Waals surface area contributed by atoms with Crippen LogP contribution in [0.1, 0.15) is 65.7 Å². The normalized spacial score (nSPS) is 18.9. The van der Waals surface area contributed by atoms with E-state index in [-0.39, 0.29) is 6.10 Å². The average molecular weight is 445 g/mol. The summed E-state index contributed by atoms with van der Waals surface area (Å²) in [6, 6.07) is 0. The maximum Gasteiger partial charge on any atom is 0.0662 e. The third kappa shape index (κ3) is 14.5. The Bertz CT molecular complexity index is 396. The van der Waals surface area contributed by atoms with Crippen LogP contribution in [0, 0.1) is 35.5 Å². The zero-order valence-corrected chi connectivity index (χ0v) is 20.8. The molecule has 0 aromatic rings. The zero-order valence-electron chi connectivity index (χ0n) is 20.8. The van der Waals surface area contributed by atoms with Crippen LogP contribution in [-0.2, 0) is 0 Å². The summed E-state index contributed by atoms with van der Waals surface area (Å²) in [6.45, 7) is 11.4. The smallest absolute Gasteiger partial charge is 0.0662 e. The number of aliphatic hydroxyl groups excluding tert-OH is 1. The van der Waals surface area contributed by atoms with Crippen molar-refractivity contribution in [3.05, 3.63) is 0 Å². The predicted molar refractivity (Wildman–Crippen MR) is 134 cm³/mol. The van der Waals surface area contributed by atoms with Crippen molar-refractivity contribution in [3.8, 4) is 0 Å². The molecule has 12 N–H and O–H groups in total. The van der Waals surface area contributed by atoms with Crippen LogP contribution in [0.4, 0.5) is 0 Å². The Morgan fingerprint density at radius 2 is 1.03 bits per heavy atom. The molecule has 0 amide bonds. The second-order valence-electron chi connectivity index (χ2n) is 9.92. The van der Waals surface area contributed by atoms with Gasteiger partial charge in [-0.2, -0.15) is 0 Å². The first kappa shape index (κ1) is 30.7. The molecule has 7 unspecified atom stereocenters. The summed E-state index contributed by atoms with van der Waals surface area (Å²) in [6.07, 6.45) is 6.92. The van der Waals surface area contributed by atoms with Crippen LogP contribution in [-0.4, -0.2) is 57.0 Å². The van der Waals surface area contributed by atoms with E-state index in [1.165, 1.54) is 0 Å². The van der Waals surface area contributed by atoms with E-state index in [1.54, 1.807) is 0 Å². The highest BCUT2D eigenvalue weighted by molar-refractivity contribution is 4.78. The van der Waals surface area contributed by atoms with Crippen molar-refractivity contribution < 1.29 is 5.11 Å². The second-order valence-corrected chi connectivity index (χ2v) is 9.92. The molecule has 0 radical (unpaired) electrons. The van der Waals surface area contributed by atoms with Gasteiger partial charge in [0.25, 0.3) is 0 Å². The Balaban J connectivity index is 5.08. The van der Waals surface area contributed by atoms with E-state index in [9.17, 15) is 5.11 Å². The monoisotopic (exact) mass is 444 g/mol. The van der Waals surface area contributed by atoms with Gasteiger partial charge in [0.2, 0.25) is 0 Å². The van der Waals surface area contributed by atoms with Crippen LogP contribution >= 0.6 is 0 Å². The number of aliphatic hydroxyl groups is 1. The highest BCUT2D eigenvalue weighted by Crippen LogP contribution is 2.28. The minimum absolute atomic E-state index is 0.294. The molecule has 7 atom stereocenters. The van der Waals surface area contributed by atoms with Gasteiger partial charge in [0.15, 0.2) is 0 Å². The minimum Gasteiger partial charge on any atom is -0.392 e. The maximum absolute atomic E-state index is 9.93. The predicted octanol–water partition coefficient (Wildman–Crippen LogP) is 1.22. The van der Waals surface area contributed by atoms with E-state index in [4.69, 9.17) is 28.7 Å². The average Bonchev–Trinajstić information content (AvgIpc) is 2.79. The third-order valence-electron chi connectivity index (χ3n) is 7.00. The first-order valence-corrected chi connectivity index (χ1v) is 12.8. The lowest BCUT2D eigenvalue weighted by atomic mass is 9.79. The zero-order chi connectivity index (χ0) is 23.6. The van der Waals surface area contributed by atoms with E-state index in [2.05, 4.69) is 19.2 Å². The number of nitrogens with two attached hydrogens (primary N) is 5. The summed E-state index contributed by atoms with van der Waals surface area (Å²) < 4.78 is 0. The summed E-state index contributed by atoms with van der Waals surface area (Å²) in [5, 5.41) is 13.4. The molecule has 0 heterocycles. The summed E-state index contributed by atoms with van der Waals surface area (Å²) >= 11 is 0. The fourth-order valence-electron chi connectivity index (χ4n) is 4.71. The lowest BCUT2D eigenvalue weighted by Crippen LogP contribution is -2.35. The van der Waals surface area contributed by atoms with Crippen LogP contribution in [0.15, 0.2) is 0 Å². The van der Waals surface area contributed by atoms with Gasteiger partial charge < -0.3 is 39.1 Å². The SMILES string of the molecule is CCC(O)CNCC(CC(CN)CC(CC)CN)CC(CN)CC(CN)CC(C)CN. The summed E-state index contributed by atoms with van der Waals surface area (Å²) in [5.74, 6) is 2.88. The van der Waals surface area contributed by atoms with Crippen LogP contribution in [0.2, 0.25) is 0 Å². The van der Waals surface area contributed by atoms with E-state index < -0.39 is 0 Å². The van der Waals surface area contributed by atoms with Gasteiger partial charge in [-0.1, -0.05) is 27.2 Å². The molecule has 188 valence electrons. The van der Waals surface area contributed by atoms with Crippen molar-refractivity contribution in [2.75, 3.05) is 45.8 Å². The third-order valence-corrected chi connectivity index (χ3v) is 7.00. The van der Waals surface area contributed by atoms with Crippen molar-refractivity contribution in [1.82, 2.24) is 5.32 Å². The molecule has 0 fully saturated rings. The number of rotatable bonds is 21. The van der Waals surface area contributed by atoms with Gasteiger partial charge in [0.05, 0.1) is 6.10 Å². The van der Waals surface area contributed by atoms with Gasteiger partial charge in [-0.3, -0.25) is 0 Å². The molecule has 0 aromatic heterocycles. The number of nitrogens with one attached hydrogen (secondary N) is 1. The maximum atomic E-state index is 9.93. The lowest BCUT2D eigenvalue weighted by molar-refractivity contribution is 0.161. The van der Waals surface area contributed by atoms with Crippen molar-refractivity contribution in [2.45, 2.75) is 71.8 Å².